The molecular formula is C15H22BrN3S. The molecule has 0 aromatic carbocycles. The van der Waals surface area contributed by atoms with Crippen LogP contribution in [0, 0.1) is 0 Å². The number of nitrogens with one attached hydrogen (secondary N) is 1. The Balaban J connectivity index is 2.00. The molecule has 0 radical (unpaired) electrons. The van der Waals surface area contributed by atoms with Crippen LogP contribution in [0.5, 0.6) is 0 Å². The minimum absolute atomic E-state index is 0.372. The first-order chi connectivity index (χ1) is 9.76. The first kappa shape index (κ1) is 15.7. The normalized spacial score (nSPS) is 12.8. The fourth-order valence-corrected chi connectivity index (χ4v) is 3.81. The summed E-state index contributed by atoms with van der Waals surface area (Å²) in [7, 11) is 0. The molecule has 2 aromatic rings. The lowest BCUT2D eigenvalue weighted by Gasteiger charge is -2.19. The Labute approximate surface area is 133 Å². The van der Waals surface area contributed by atoms with E-state index in [0.29, 0.717) is 6.04 Å². The highest BCUT2D eigenvalue weighted by Crippen LogP contribution is 2.27. The Morgan fingerprint density at radius 3 is 2.95 bits per heavy atom. The highest BCUT2D eigenvalue weighted by Gasteiger charge is 2.18. The minimum Gasteiger partial charge on any atom is -0.309 e. The van der Waals surface area contributed by atoms with E-state index in [1.54, 1.807) is 0 Å². The largest absolute Gasteiger partial charge is 0.309 e. The maximum Gasteiger partial charge on any atom is 0.0695 e. The predicted molar refractivity (Wildman–Crippen MR) is 89.3 cm³/mol. The van der Waals surface area contributed by atoms with E-state index in [4.69, 9.17) is 0 Å². The second-order valence-electron chi connectivity index (χ2n) is 4.78. The van der Waals surface area contributed by atoms with Crippen molar-refractivity contribution >= 4 is 27.3 Å². The topological polar surface area (TPSA) is 29.9 Å². The van der Waals surface area contributed by atoms with Crippen molar-refractivity contribution in [1.82, 2.24) is 15.1 Å². The molecular weight excluding hydrogens is 334 g/mol. The Morgan fingerprint density at radius 1 is 1.45 bits per heavy atom. The number of aryl methyl sites for hydroxylation is 2. The molecule has 2 rings (SSSR count). The zero-order chi connectivity index (χ0) is 14.4. The summed E-state index contributed by atoms with van der Waals surface area (Å²) in [5.74, 6) is 0. The first-order valence-electron chi connectivity index (χ1n) is 7.23. The molecule has 0 aliphatic rings. The van der Waals surface area contributed by atoms with Crippen LogP contribution in [0.2, 0.25) is 0 Å². The number of halogens is 1. The second-order valence-corrected chi connectivity index (χ2v) is 6.66. The van der Waals surface area contributed by atoms with Gasteiger partial charge in [0.1, 0.15) is 0 Å². The zero-order valence-electron chi connectivity index (χ0n) is 12.1. The van der Waals surface area contributed by atoms with Crippen LogP contribution in [-0.4, -0.2) is 16.3 Å². The maximum absolute atomic E-state index is 4.43. The minimum atomic E-state index is 0.372. The van der Waals surface area contributed by atoms with Crippen molar-refractivity contribution in [3.63, 3.8) is 0 Å². The van der Waals surface area contributed by atoms with Crippen LogP contribution in [0.1, 0.15) is 43.3 Å². The summed E-state index contributed by atoms with van der Waals surface area (Å²) in [5, 5.41) is 10.2. The monoisotopic (exact) mass is 355 g/mol. The zero-order valence-corrected chi connectivity index (χ0v) is 14.5. The molecule has 0 fully saturated rings. The lowest BCUT2D eigenvalue weighted by atomic mass is 10.1. The Bertz CT molecular complexity index is 507. The smallest absolute Gasteiger partial charge is 0.0695 e. The van der Waals surface area contributed by atoms with Crippen molar-refractivity contribution in [2.75, 3.05) is 6.54 Å². The fourth-order valence-electron chi connectivity index (χ4n) is 2.49. The van der Waals surface area contributed by atoms with Crippen molar-refractivity contribution in [2.45, 2.75) is 45.7 Å². The van der Waals surface area contributed by atoms with Crippen LogP contribution in [-0.2, 0) is 13.0 Å². The molecule has 1 atom stereocenters. The summed E-state index contributed by atoms with van der Waals surface area (Å²) in [6.07, 6.45) is 5.40. The second kappa shape index (κ2) is 7.96. The van der Waals surface area contributed by atoms with E-state index in [9.17, 15) is 0 Å². The standard InChI is InChI=1S/C15H22BrN3S/c1-3-17-14(9-5-7-12-8-6-10-20-12)15-13(16)11-18-19(15)4-2/h6,8,10-11,14,17H,3-5,7,9H2,1-2H3. The number of hydrogen-bond acceptors (Lipinski definition) is 3. The van der Waals surface area contributed by atoms with Crippen LogP contribution >= 0.6 is 27.3 Å². The summed E-state index contributed by atoms with van der Waals surface area (Å²) in [6, 6.07) is 4.72. The van der Waals surface area contributed by atoms with E-state index < -0.39 is 0 Å². The molecule has 5 heteroatoms. The maximum atomic E-state index is 4.43. The SMILES string of the molecule is CCNC(CCCc1cccs1)c1c(Br)cnn1CC. The summed E-state index contributed by atoms with van der Waals surface area (Å²) in [5.41, 5.74) is 1.28. The van der Waals surface area contributed by atoms with Crippen LogP contribution in [0.4, 0.5) is 0 Å². The van der Waals surface area contributed by atoms with Crippen LogP contribution in [0.25, 0.3) is 0 Å². The number of rotatable bonds is 8. The predicted octanol–water partition coefficient (Wildman–Crippen LogP) is 4.40. The lowest BCUT2D eigenvalue weighted by molar-refractivity contribution is 0.454. The Hall–Kier alpha value is -0.650. The molecule has 20 heavy (non-hydrogen) atoms. The highest BCUT2D eigenvalue weighted by atomic mass is 79.9. The molecule has 2 heterocycles. The molecule has 3 nitrogen and oxygen atoms in total. The van der Waals surface area contributed by atoms with Crippen LogP contribution in [0.15, 0.2) is 28.2 Å². The number of hydrogen-bond donors (Lipinski definition) is 1. The highest BCUT2D eigenvalue weighted by molar-refractivity contribution is 9.10. The van der Waals surface area contributed by atoms with E-state index >= 15 is 0 Å². The summed E-state index contributed by atoms with van der Waals surface area (Å²) in [6.45, 7) is 6.18. The molecule has 110 valence electrons. The third-order valence-electron chi connectivity index (χ3n) is 3.41. The molecule has 0 bridgehead atoms. The van der Waals surface area contributed by atoms with E-state index in [0.717, 1.165) is 30.4 Å². The van der Waals surface area contributed by atoms with Gasteiger partial charge in [-0.2, -0.15) is 5.10 Å². The van der Waals surface area contributed by atoms with Crippen molar-refractivity contribution in [1.29, 1.82) is 0 Å². The van der Waals surface area contributed by atoms with Gasteiger partial charge >= 0.3 is 0 Å². The van der Waals surface area contributed by atoms with Gasteiger partial charge in [-0.15, -0.1) is 11.3 Å². The van der Waals surface area contributed by atoms with Gasteiger partial charge in [-0.25, -0.2) is 0 Å². The summed E-state index contributed by atoms with van der Waals surface area (Å²) in [4.78, 5) is 1.48. The Kier molecular flexibility index (Phi) is 6.26. The third-order valence-corrected chi connectivity index (χ3v) is 4.96. The number of nitrogens with zero attached hydrogens (tertiary/aromatic N) is 2. The van der Waals surface area contributed by atoms with Crippen molar-refractivity contribution in [2.24, 2.45) is 0 Å². The van der Waals surface area contributed by atoms with Gasteiger partial charge in [-0.3, -0.25) is 4.68 Å². The van der Waals surface area contributed by atoms with Crippen molar-refractivity contribution in [3.05, 3.63) is 38.8 Å². The first-order valence-corrected chi connectivity index (χ1v) is 8.90. The van der Waals surface area contributed by atoms with E-state index in [1.165, 1.54) is 17.0 Å². The number of thiophene rings is 1. The van der Waals surface area contributed by atoms with Gasteiger partial charge < -0.3 is 5.32 Å². The van der Waals surface area contributed by atoms with Gasteiger partial charge in [0.2, 0.25) is 0 Å². The van der Waals surface area contributed by atoms with E-state index in [-0.39, 0.29) is 0 Å². The summed E-state index contributed by atoms with van der Waals surface area (Å²) < 4.78 is 3.20. The van der Waals surface area contributed by atoms with Gasteiger partial charge in [0, 0.05) is 11.4 Å². The summed E-state index contributed by atoms with van der Waals surface area (Å²) >= 11 is 5.49. The fraction of sp³-hybridized carbons (Fsp3) is 0.533. The molecule has 1 N–H and O–H groups in total. The molecule has 0 spiro atoms. The average Bonchev–Trinajstić information content (AvgIpc) is 3.07. The molecule has 0 aliphatic heterocycles. The van der Waals surface area contributed by atoms with Crippen molar-refractivity contribution < 1.29 is 0 Å². The van der Waals surface area contributed by atoms with Crippen molar-refractivity contribution in [3.8, 4) is 0 Å². The molecule has 0 saturated carbocycles. The third kappa shape index (κ3) is 3.93. The Morgan fingerprint density at radius 2 is 2.30 bits per heavy atom. The van der Waals surface area contributed by atoms with E-state index in [2.05, 4.69) is 62.4 Å². The lowest BCUT2D eigenvalue weighted by Crippen LogP contribution is -2.24. The van der Waals surface area contributed by atoms with Gasteiger partial charge in [-0.05, 0) is 60.1 Å². The van der Waals surface area contributed by atoms with Gasteiger partial charge in [0.15, 0.2) is 0 Å². The van der Waals surface area contributed by atoms with Gasteiger partial charge in [0.05, 0.1) is 22.4 Å². The molecule has 0 saturated heterocycles. The van der Waals surface area contributed by atoms with E-state index in [1.807, 2.05) is 17.5 Å². The molecule has 2 aromatic heterocycles. The van der Waals surface area contributed by atoms with Crippen LogP contribution in [0.3, 0.4) is 0 Å². The number of aromatic nitrogens is 2. The van der Waals surface area contributed by atoms with Gasteiger partial charge in [0.25, 0.3) is 0 Å². The van der Waals surface area contributed by atoms with Gasteiger partial charge in [-0.1, -0.05) is 13.0 Å². The van der Waals surface area contributed by atoms with Crippen LogP contribution < -0.4 is 5.32 Å². The molecule has 0 amide bonds. The average molecular weight is 356 g/mol. The quantitative estimate of drug-likeness (QED) is 0.760. The molecule has 1 unspecified atom stereocenters. The molecule has 0 aliphatic carbocycles.